The highest BCUT2D eigenvalue weighted by Gasteiger charge is 2.19. The van der Waals surface area contributed by atoms with Crippen LogP contribution in [0.5, 0.6) is 0 Å². The fraction of sp³-hybridized carbons (Fsp3) is 1.00. The minimum atomic E-state index is -2.00. The summed E-state index contributed by atoms with van der Waals surface area (Å²) in [5.74, 6) is 0. The summed E-state index contributed by atoms with van der Waals surface area (Å²) in [7, 11) is 1.98. The summed E-state index contributed by atoms with van der Waals surface area (Å²) in [6, 6.07) is 0.231. The molecule has 0 unspecified atom stereocenters. The van der Waals surface area contributed by atoms with Gasteiger partial charge < -0.3 is 10.0 Å². The third kappa shape index (κ3) is 1.66. The first-order valence-electron chi connectivity index (χ1n) is 4.42. The molecular formula is C7H15NO. The van der Waals surface area contributed by atoms with Crippen LogP contribution in [0, 0.1) is 0 Å². The number of nitrogens with zero attached hydrogens (tertiary/aromatic N) is 1. The van der Waals surface area contributed by atoms with E-state index in [2.05, 4.69) is 4.90 Å². The Morgan fingerprint density at radius 2 is 2.67 bits per heavy atom. The maximum atomic E-state index is 8.90. The summed E-state index contributed by atoms with van der Waals surface area (Å²) in [6.45, 7) is -0.968. The maximum absolute atomic E-state index is 8.90. The maximum Gasteiger partial charge on any atom is 0.0564 e. The van der Waals surface area contributed by atoms with Crippen molar-refractivity contribution in [3.63, 3.8) is 0 Å². The first kappa shape index (κ1) is 4.69. The van der Waals surface area contributed by atoms with Gasteiger partial charge in [0.1, 0.15) is 0 Å². The molecule has 0 aromatic carbocycles. The Balaban J connectivity index is 2.37. The van der Waals surface area contributed by atoms with Gasteiger partial charge in [0.25, 0.3) is 0 Å². The van der Waals surface area contributed by atoms with Gasteiger partial charge in [-0.1, -0.05) is 0 Å². The van der Waals surface area contributed by atoms with E-state index in [0.29, 0.717) is 0 Å². The fourth-order valence-corrected chi connectivity index (χ4v) is 1.34. The Morgan fingerprint density at radius 1 is 1.89 bits per heavy atom. The molecule has 1 aliphatic rings. The lowest BCUT2D eigenvalue weighted by molar-refractivity contribution is 0.220. The minimum absolute atomic E-state index is 0.231. The van der Waals surface area contributed by atoms with Crippen LogP contribution in [0.15, 0.2) is 0 Å². The molecule has 1 atom stereocenters. The van der Waals surface area contributed by atoms with Gasteiger partial charge in [0, 0.05) is 12.6 Å². The normalized spacial score (nSPS) is 34.2. The van der Waals surface area contributed by atoms with Crippen LogP contribution in [0.2, 0.25) is 0 Å². The Bertz CT molecular complexity index is 135. The van der Waals surface area contributed by atoms with Gasteiger partial charge in [-0.05, 0) is 32.9 Å². The lowest BCUT2D eigenvalue weighted by Gasteiger charge is -2.17. The van der Waals surface area contributed by atoms with Gasteiger partial charge in [-0.25, -0.2) is 0 Å². The Hall–Kier alpha value is -0.0800. The molecule has 2 heteroatoms. The third-order valence-corrected chi connectivity index (χ3v) is 2.00. The zero-order chi connectivity index (χ0) is 8.48. The number of hydrogen-bond acceptors (Lipinski definition) is 2. The van der Waals surface area contributed by atoms with Crippen molar-refractivity contribution in [2.75, 3.05) is 20.2 Å². The summed E-state index contributed by atoms with van der Waals surface area (Å²) in [5, 5.41) is 8.90. The molecule has 1 aliphatic heterocycles. The number of aliphatic hydroxyl groups is 1. The molecule has 9 heavy (non-hydrogen) atoms. The van der Waals surface area contributed by atoms with Gasteiger partial charge in [-0.2, -0.15) is 0 Å². The van der Waals surface area contributed by atoms with E-state index in [1.54, 1.807) is 0 Å². The summed E-state index contributed by atoms with van der Waals surface area (Å²) in [5.41, 5.74) is 0. The van der Waals surface area contributed by atoms with Crippen LogP contribution in [0.3, 0.4) is 0 Å². The Labute approximate surface area is 59.3 Å². The molecule has 0 radical (unpaired) electrons. The van der Waals surface area contributed by atoms with Gasteiger partial charge in [-0.15, -0.1) is 0 Å². The monoisotopic (exact) mass is 131 g/mol. The van der Waals surface area contributed by atoms with Crippen LogP contribution in [-0.4, -0.2) is 36.2 Å². The molecule has 54 valence electrons. The highest BCUT2D eigenvalue weighted by atomic mass is 16.3. The van der Waals surface area contributed by atoms with Gasteiger partial charge in [0.15, 0.2) is 0 Å². The Morgan fingerprint density at radius 3 is 3.11 bits per heavy atom. The van der Waals surface area contributed by atoms with Gasteiger partial charge in [0.05, 0.1) is 2.74 Å². The van der Waals surface area contributed by atoms with E-state index in [1.165, 1.54) is 0 Å². The molecule has 1 fully saturated rings. The van der Waals surface area contributed by atoms with E-state index in [4.69, 9.17) is 7.85 Å². The van der Waals surface area contributed by atoms with Crippen molar-refractivity contribution >= 4 is 0 Å². The first-order valence-corrected chi connectivity index (χ1v) is 3.42. The smallest absolute Gasteiger partial charge is 0.0564 e. The van der Waals surface area contributed by atoms with Crippen LogP contribution in [0.25, 0.3) is 0 Å². The molecule has 2 nitrogen and oxygen atoms in total. The first-order chi connectivity index (χ1) is 4.99. The standard InChI is InChI=1S/C7H15NO/c1-8-5-2-3-7(8)4-6-9/h7,9H,2-6H2,1H3/t7-/m1/s1/i6D2. The van der Waals surface area contributed by atoms with Crippen molar-refractivity contribution in [3.8, 4) is 0 Å². The fourth-order valence-electron chi connectivity index (χ4n) is 1.34. The predicted molar refractivity (Wildman–Crippen MR) is 37.4 cm³/mol. The average molecular weight is 131 g/mol. The summed E-state index contributed by atoms with van der Waals surface area (Å²) >= 11 is 0. The molecular weight excluding hydrogens is 114 g/mol. The van der Waals surface area contributed by atoms with Crippen LogP contribution in [-0.2, 0) is 0 Å². The number of likely N-dealkylation sites (tertiary alicyclic amines) is 1. The molecule has 0 spiro atoms. The van der Waals surface area contributed by atoms with E-state index < -0.39 is 6.56 Å². The van der Waals surface area contributed by atoms with E-state index in [-0.39, 0.29) is 12.5 Å². The lowest BCUT2D eigenvalue weighted by atomic mass is 10.2. The van der Waals surface area contributed by atoms with Gasteiger partial charge in [0.2, 0.25) is 0 Å². The lowest BCUT2D eigenvalue weighted by Crippen LogP contribution is -2.25. The molecule has 0 aromatic heterocycles. The molecule has 0 amide bonds. The van der Waals surface area contributed by atoms with Crippen LogP contribution in [0.4, 0.5) is 0 Å². The largest absolute Gasteiger partial charge is 0.396 e. The molecule has 1 rings (SSSR count). The summed E-state index contributed by atoms with van der Waals surface area (Å²) < 4.78 is 14.0. The second-order valence-corrected chi connectivity index (χ2v) is 2.64. The molecule has 1 heterocycles. The predicted octanol–water partition coefficient (Wildman–Crippen LogP) is 0.463. The number of hydrogen-bond donors (Lipinski definition) is 1. The topological polar surface area (TPSA) is 23.5 Å². The van der Waals surface area contributed by atoms with Crippen molar-refractivity contribution in [2.24, 2.45) is 0 Å². The quantitative estimate of drug-likeness (QED) is 0.588. The molecule has 0 bridgehead atoms. The van der Waals surface area contributed by atoms with E-state index in [9.17, 15) is 0 Å². The zero-order valence-electron chi connectivity index (χ0n) is 7.80. The van der Waals surface area contributed by atoms with Crippen molar-refractivity contribution < 1.29 is 7.85 Å². The summed E-state index contributed by atoms with van der Waals surface area (Å²) in [4.78, 5) is 2.11. The average Bonchev–Trinajstić information content (AvgIpc) is 2.12. The SMILES string of the molecule is [2H]C([2H])(O)C[C@H]1CCCN1C. The van der Waals surface area contributed by atoms with Crippen molar-refractivity contribution in [1.29, 1.82) is 0 Å². The second-order valence-electron chi connectivity index (χ2n) is 2.64. The van der Waals surface area contributed by atoms with Crippen LogP contribution >= 0.6 is 0 Å². The van der Waals surface area contributed by atoms with Crippen LogP contribution in [0.1, 0.15) is 22.0 Å². The van der Waals surface area contributed by atoms with E-state index in [0.717, 1.165) is 19.4 Å². The van der Waals surface area contributed by atoms with Crippen molar-refractivity contribution in [1.82, 2.24) is 4.90 Å². The molecule has 1 N–H and O–H groups in total. The Kier molecular flexibility index (Phi) is 1.66. The van der Waals surface area contributed by atoms with E-state index >= 15 is 0 Å². The molecule has 0 aromatic rings. The van der Waals surface area contributed by atoms with Crippen molar-refractivity contribution in [3.05, 3.63) is 0 Å². The van der Waals surface area contributed by atoms with E-state index in [1.807, 2.05) is 7.05 Å². The third-order valence-electron chi connectivity index (χ3n) is 2.00. The van der Waals surface area contributed by atoms with Crippen molar-refractivity contribution in [2.45, 2.75) is 25.3 Å². The highest BCUT2D eigenvalue weighted by Crippen LogP contribution is 2.16. The minimum Gasteiger partial charge on any atom is -0.396 e. The molecule has 0 saturated carbocycles. The van der Waals surface area contributed by atoms with Gasteiger partial charge in [-0.3, -0.25) is 0 Å². The molecule has 0 aliphatic carbocycles. The molecule has 1 saturated heterocycles. The van der Waals surface area contributed by atoms with Gasteiger partial charge >= 0.3 is 0 Å². The zero-order valence-corrected chi connectivity index (χ0v) is 5.80. The van der Waals surface area contributed by atoms with Crippen LogP contribution < -0.4 is 0 Å². The summed E-state index contributed by atoms with van der Waals surface area (Å²) in [6.07, 6.45) is 2.37. The highest BCUT2D eigenvalue weighted by molar-refractivity contribution is 4.75. The second kappa shape index (κ2) is 3.18. The number of rotatable bonds is 2.